The highest BCUT2D eigenvalue weighted by molar-refractivity contribution is 7.80. The lowest BCUT2D eigenvalue weighted by Crippen LogP contribution is -2.20. The first kappa shape index (κ1) is 15.6. The third kappa shape index (κ3) is 5.84. The molecule has 19 heavy (non-hydrogen) atoms. The Morgan fingerprint density at radius 1 is 1.37 bits per heavy atom. The zero-order chi connectivity index (χ0) is 14.5. The molecule has 3 N–H and O–H groups in total. The summed E-state index contributed by atoms with van der Waals surface area (Å²) in [5.74, 6) is -0.589. The summed E-state index contributed by atoms with van der Waals surface area (Å²) >= 11 is 4.64. The van der Waals surface area contributed by atoms with Gasteiger partial charge in [-0.25, -0.2) is 4.39 Å². The molecule has 0 aliphatic heterocycles. The van der Waals surface area contributed by atoms with Gasteiger partial charge in [0, 0.05) is 17.8 Å². The van der Waals surface area contributed by atoms with Crippen molar-refractivity contribution in [3.63, 3.8) is 0 Å². The highest BCUT2D eigenvalue weighted by Crippen LogP contribution is 2.15. The normalized spacial score (nSPS) is 11.4. The minimum Gasteiger partial charge on any atom is -0.389 e. The highest BCUT2D eigenvalue weighted by Gasteiger charge is 2.27. The number of thiocarbonyl (C=S) groups is 1. The van der Waals surface area contributed by atoms with E-state index in [2.05, 4.69) is 22.3 Å². The van der Waals surface area contributed by atoms with Gasteiger partial charge in [-0.3, -0.25) is 0 Å². The Morgan fingerprint density at radius 3 is 2.58 bits per heavy atom. The van der Waals surface area contributed by atoms with Gasteiger partial charge in [0.15, 0.2) is 0 Å². The van der Waals surface area contributed by atoms with Crippen molar-refractivity contribution >= 4 is 22.9 Å². The maximum Gasteiger partial charge on any atom is 0.411 e. The van der Waals surface area contributed by atoms with Crippen LogP contribution >= 0.6 is 12.2 Å². The number of rotatable bonds is 6. The lowest BCUT2D eigenvalue weighted by molar-refractivity contribution is -0.172. The van der Waals surface area contributed by atoms with Crippen LogP contribution in [0.2, 0.25) is 0 Å². The second-order valence-corrected chi connectivity index (χ2v) is 4.09. The van der Waals surface area contributed by atoms with Crippen LogP contribution in [0.5, 0.6) is 0 Å². The van der Waals surface area contributed by atoms with E-state index in [0.29, 0.717) is 5.69 Å². The number of benzene rings is 1. The standard InChI is InChI=1S/C11H12F4N2OS/c12-9-5-7(1-2-8(9)10(16)19)17-3-4-18-6-11(13,14)15/h1-2,5,17H,3-4,6H2,(H2,16,19). The Morgan fingerprint density at radius 2 is 2.05 bits per heavy atom. The van der Waals surface area contributed by atoms with E-state index >= 15 is 0 Å². The Bertz CT molecular complexity index is 451. The molecule has 1 aromatic rings. The number of alkyl halides is 3. The summed E-state index contributed by atoms with van der Waals surface area (Å²) in [5, 5.41) is 2.72. The summed E-state index contributed by atoms with van der Waals surface area (Å²) in [6.45, 7) is -1.32. The zero-order valence-electron chi connectivity index (χ0n) is 9.76. The SMILES string of the molecule is NC(=S)c1ccc(NCCOCC(F)(F)F)cc1F. The number of nitrogens with two attached hydrogens (primary N) is 1. The lowest BCUT2D eigenvalue weighted by Gasteiger charge is -2.10. The maximum absolute atomic E-state index is 13.4. The number of hydrogen-bond acceptors (Lipinski definition) is 3. The van der Waals surface area contributed by atoms with E-state index in [-0.39, 0.29) is 23.7 Å². The molecule has 0 aliphatic carbocycles. The van der Waals surface area contributed by atoms with Gasteiger partial charge in [-0.1, -0.05) is 12.2 Å². The van der Waals surface area contributed by atoms with Gasteiger partial charge in [0.1, 0.15) is 17.4 Å². The van der Waals surface area contributed by atoms with Crippen LogP contribution in [0.4, 0.5) is 23.2 Å². The molecule has 0 radical (unpaired) electrons. The van der Waals surface area contributed by atoms with Crippen molar-refractivity contribution in [1.82, 2.24) is 0 Å². The van der Waals surface area contributed by atoms with E-state index < -0.39 is 18.6 Å². The molecule has 0 spiro atoms. The maximum atomic E-state index is 13.4. The largest absolute Gasteiger partial charge is 0.411 e. The zero-order valence-corrected chi connectivity index (χ0v) is 10.6. The molecule has 1 rings (SSSR count). The minimum atomic E-state index is -4.34. The van der Waals surface area contributed by atoms with Crippen molar-refractivity contribution in [2.24, 2.45) is 5.73 Å². The average Bonchev–Trinajstić information content (AvgIpc) is 2.26. The fourth-order valence-electron chi connectivity index (χ4n) is 1.28. The molecule has 0 saturated carbocycles. The van der Waals surface area contributed by atoms with Gasteiger partial charge in [0.25, 0.3) is 0 Å². The first-order chi connectivity index (χ1) is 8.79. The lowest BCUT2D eigenvalue weighted by atomic mass is 10.2. The summed E-state index contributed by atoms with van der Waals surface area (Å²) < 4.78 is 53.1. The molecule has 0 heterocycles. The topological polar surface area (TPSA) is 47.3 Å². The Hall–Kier alpha value is -1.41. The predicted molar refractivity (Wildman–Crippen MR) is 67.7 cm³/mol. The van der Waals surface area contributed by atoms with Gasteiger partial charge in [-0.15, -0.1) is 0 Å². The first-order valence-electron chi connectivity index (χ1n) is 5.27. The molecule has 0 bridgehead atoms. The van der Waals surface area contributed by atoms with Crippen LogP contribution in [0.3, 0.4) is 0 Å². The van der Waals surface area contributed by atoms with Gasteiger partial charge in [-0.05, 0) is 18.2 Å². The summed E-state index contributed by atoms with van der Waals surface area (Å²) in [5.41, 5.74) is 5.82. The highest BCUT2D eigenvalue weighted by atomic mass is 32.1. The van der Waals surface area contributed by atoms with Crippen molar-refractivity contribution < 1.29 is 22.3 Å². The van der Waals surface area contributed by atoms with Crippen molar-refractivity contribution in [1.29, 1.82) is 0 Å². The van der Waals surface area contributed by atoms with Crippen LogP contribution < -0.4 is 11.1 Å². The second-order valence-electron chi connectivity index (χ2n) is 3.65. The number of ether oxygens (including phenoxy) is 1. The fourth-order valence-corrected chi connectivity index (χ4v) is 1.45. The van der Waals surface area contributed by atoms with Crippen LogP contribution in [0.1, 0.15) is 5.56 Å². The van der Waals surface area contributed by atoms with Crippen molar-refractivity contribution in [2.45, 2.75) is 6.18 Å². The molecule has 0 saturated heterocycles. The minimum absolute atomic E-state index is 0.0578. The van der Waals surface area contributed by atoms with E-state index in [1.54, 1.807) is 0 Å². The van der Waals surface area contributed by atoms with Crippen molar-refractivity contribution in [3.05, 3.63) is 29.6 Å². The molecule has 0 aliphatic rings. The van der Waals surface area contributed by atoms with E-state index in [4.69, 9.17) is 5.73 Å². The molecule has 0 atom stereocenters. The summed E-state index contributed by atoms with van der Waals surface area (Å²) in [6.07, 6.45) is -4.34. The number of nitrogens with one attached hydrogen (secondary N) is 1. The van der Waals surface area contributed by atoms with Gasteiger partial charge in [-0.2, -0.15) is 13.2 Å². The summed E-state index contributed by atoms with van der Waals surface area (Å²) in [4.78, 5) is -0.0578. The molecule has 106 valence electrons. The van der Waals surface area contributed by atoms with E-state index in [1.807, 2.05) is 0 Å². The smallest absolute Gasteiger partial charge is 0.389 e. The Labute approximate surface area is 112 Å². The average molecular weight is 296 g/mol. The van der Waals surface area contributed by atoms with Crippen LogP contribution in [0, 0.1) is 5.82 Å². The molecule has 8 heteroatoms. The van der Waals surface area contributed by atoms with Crippen LogP contribution in [0.15, 0.2) is 18.2 Å². The summed E-state index contributed by atoms with van der Waals surface area (Å²) in [7, 11) is 0. The van der Waals surface area contributed by atoms with Crippen molar-refractivity contribution in [2.75, 3.05) is 25.1 Å². The molecular weight excluding hydrogens is 284 g/mol. The van der Waals surface area contributed by atoms with E-state index in [9.17, 15) is 17.6 Å². The van der Waals surface area contributed by atoms with Gasteiger partial charge in [0.2, 0.25) is 0 Å². The van der Waals surface area contributed by atoms with Crippen molar-refractivity contribution in [3.8, 4) is 0 Å². The quantitative estimate of drug-likeness (QED) is 0.481. The van der Waals surface area contributed by atoms with E-state index in [0.717, 1.165) is 6.07 Å². The van der Waals surface area contributed by atoms with Gasteiger partial charge >= 0.3 is 6.18 Å². The number of anilines is 1. The third-order valence-corrected chi connectivity index (χ3v) is 2.30. The fraction of sp³-hybridized carbons (Fsp3) is 0.364. The predicted octanol–water partition coefficient (Wildman–Crippen LogP) is 2.45. The van der Waals surface area contributed by atoms with Crippen LogP contribution in [-0.2, 0) is 4.74 Å². The van der Waals surface area contributed by atoms with Gasteiger partial charge in [0.05, 0.1) is 6.61 Å². The first-order valence-corrected chi connectivity index (χ1v) is 5.68. The third-order valence-electron chi connectivity index (χ3n) is 2.08. The molecular formula is C11H12F4N2OS. The number of hydrogen-bond donors (Lipinski definition) is 2. The molecule has 0 fully saturated rings. The molecule has 0 amide bonds. The Balaban J connectivity index is 2.38. The van der Waals surface area contributed by atoms with Gasteiger partial charge < -0.3 is 15.8 Å². The van der Waals surface area contributed by atoms with Crippen LogP contribution in [0.25, 0.3) is 0 Å². The second kappa shape index (κ2) is 6.67. The molecule has 0 aromatic heterocycles. The molecule has 1 aromatic carbocycles. The molecule has 0 unspecified atom stereocenters. The number of halogens is 4. The molecule has 3 nitrogen and oxygen atoms in total. The Kier molecular flexibility index (Phi) is 5.49. The monoisotopic (exact) mass is 296 g/mol. The van der Waals surface area contributed by atoms with E-state index in [1.165, 1.54) is 12.1 Å². The van der Waals surface area contributed by atoms with Crippen LogP contribution in [-0.4, -0.2) is 30.9 Å². The summed E-state index contributed by atoms with van der Waals surface area (Å²) in [6, 6.07) is 4.09.